The molecule has 0 saturated carbocycles. The van der Waals surface area contributed by atoms with Crippen molar-refractivity contribution in [3.05, 3.63) is 78.9 Å². The highest BCUT2D eigenvalue weighted by atomic mass is 14.9. The molecule has 0 saturated heterocycles. The van der Waals surface area contributed by atoms with E-state index >= 15 is 0 Å². The lowest BCUT2D eigenvalue weighted by molar-refractivity contribution is 0.799. The Balaban J connectivity index is 2.16. The molecule has 0 fully saturated rings. The molecule has 2 aromatic carbocycles. The first kappa shape index (κ1) is 10.2. The second-order valence-electron chi connectivity index (χ2n) is 3.95. The molecule has 17 heavy (non-hydrogen) atoms. The fourth-order valence-corrected chi connectivity index (χ4v) is 1.84. The molecule has 0 aliphatic rings. The highest BCUT2D eigenvalue weighted by molar-refractivity contribution is 5.45. The van der Waals surface area contributed by atoms with Crippen molar-refractivity contribution in [2.75, 3.05) is 5.32 Å². The van der Waals surface area contributed by atoms with E-state index < -0.39 is 0 Å². The number of benzene rings is 2. The molecule has 0 spiro atoms. The van der Waals surface area contributed by atoms with E-state index in [0.717, 1.165) is 12.1 Å². The van der Waals surface area contributed by atoms with Gasteiger partial charge in [0.25, 0.3) is 0 Å². The Hall–Kier alpha value is -2.02. The van der Waals surface area contributed by atoms with Gasteiger partial charge in [-0.15, -0.1) is 6.55 Å². The number of hydrogen-bond acceptors (Lipinski definition) is 1. The third-order valence-electron chi connectivity index (χ3n) is 2.69. The van der Waals surface area contributed by atoms with Crippen LogP contribution < -0.4 is 5.32 Å². The first-order chi connectivity index (χ1) is 8.90. The normalized spacial score (nSPS) is 13.3. The van der Waals surface area contributed by atoms with Crippen molar-refractivity contribution in [1.29, 1.82) is 0 Å². The molecule has 2 aromatic rings. The maximum absolute atomic E-state index is 7.13. The van der Waals surface area contributed by atoms with E-state index in [4.69, 9.17) is 1.37 Å². The van der Waals surface area contributed by atoms with Gasteiger partial charge in [-0.1, -0.05) is 54.6 Å². The fourth-order valence-electron chi connectivity index (χ4n) is 1.84. The van der Waals surface area contributed by atoms with E-state index in [-0.39, 0.29) is 6.04 Å². The molecule has 2 rings (SSSR count). The second-order valence-corrected chi connectivity index (χ2v) is 3.95. The molecule has 86 valence electrons. The molecule has 0 bridgehead atoms. The van der Waals surface area contributed by atoms with Crippen molar-refractivity contribution in [2.45, 2.75) is 12.5 Å². The van der Waals surface area contributed by atoms with Crippen molar-refractivity contribution in [3.63, 3.8) is 0 Å². The SMILES string of the molecule is [2H]C=CCC(Nc1ccccc1)c1ccccc1. The fraction of sp³-hybridized carbons (Fsp3) is 0.125. The highest BCUT2D eigenvalue weighted by Gasteiger charge is 2.08. The maximum atomic E-state index is 7.13. The van der Waals surface area contributed by atoms with Gasteiger partial charge in [0.15, 0.2) is 0 Å². The Morgan fingerprint density at radius 2 is 1.71 bits per heavy atom. The molecule has 1 atom stereocenters. The van der Waals surface area contributed by atoms with Crippen LogP contribution in [0.3, 0.4) is 0 Å². The summed E-state index contributed by atoms with van der Waals surface area (Å²) in [6.07, 6.45) is 2.68. The summed E-state index contributed by atoms with van der Waals surface area (Å²) in [5.74, 6) is 0. The summed E-state index contributed by atoms with van der Waals surface area (Å²) in [4.78, 5) is 0. The van der Waals surface area contributed by atoms with Gasteiger partial charge in [-0.2, -0.15) is 0 Å². The van der Waals surface area contributed by atoms with Crippen molar-refractivity contribution in [2.24, 2.45) is 0 Å². The Kier molecular flexibility index (Phi) is 3.52. The third-order valence-corrected chi connectivity index (χ3v) is 2.69. The van der Waals surface area contributed by atoms with Gasteiger partial charge in [-0.25, -0.2) is 0 Å². The zero-order valence-electron chi connectivity index (χ0n) is 10.7. The van der Waals surface area contributed by atoms with Crippen LogP contribution in [-0.4, -0.2) is 0 Å². The summed E-state index contributed by atoms with van der Waals surface area (Å²) >= 11 is 0. The zero-order valence-corrected chi connectivity index (χ0v) is 9.71. The predicted octanol–water partition coefficient (Wildman–Crippen LogP) is 4.42. The molecule has 1 N–H and O–H groups in total. The molecule has 0 heterocycles. The van der Waals surface area contributed by atoms with E-state index in [9.17, 15) is 0 Å². The van der Waals surface area contributed by atoms with Gasteiger partial charge in [0.1, 0.15) is 0 Å². The Morgan fingerprint density at radius 3 is 2.35 bits per heavy atom. The third kappa shape index (κ3) is 3.22. The monoisotopic (exact) mass is 224 g/mol. The average molecular weight is 224 g/mol. The highest BCUT2D eigenvalue weighted by Crippen LogP contribution is 2.22. The summed E-state index contributed by atoms with van der Waals surface area (Å²) in [5.41, 5.74) is 2.34. The molecule has 0 aliphatic carbocycles. The predicted molar refractivity (Wildman–Crippen MR) is 74.1 cm³/mol. The quantitative estimate of drug-likeness (QED) is 0.741. The van der Waals surface area contributed by atoms with Gasteiger partial charge in [-0.05, 0) is 24.1 Å². The van der Waals surface area contributed by atoms with E-state index in [0.29, 0.717) is 0 Å². The zero-order chi connectivity index (χ0) is 12.6. The Bertz CT molecular complexity index is 479. The lowest BCUT2D eigenvalue weighted by Crippen LogP contribution is -2.09. The number of para-hydroxylation sites is 1. The molecule has 1 unspecified atom stereocenters. The van der Waals surface area contributed by atoms with E-state index in [1.165, 1.54) is 12.1 Å². The van der Waals surface area contributed by atoms with Crippen LogP contribution in [0.1, 0.15) is 19.4 Å². The van der Waals surface area contributed by atoms with Crippen LogP contribution in [0.5, 0.6) is 0 Å². The van der Waals surface area contributed by atoms with Gasteiger partial charge in [0.2, 0.25) is 0 Å². The van der Waals surface area contributed by atoms with Gasteiger partial charge < -0.3 is 5.32 Å². The largest absolute Gasteiger partial charge is 0.378 e. The van der Waals surface area contributed by atoms with Crippen LogP contribution >= 0.6 is 0 Å². The van der Waals surface area contributed by atoms with Crippen LogP contribution in [-0.2, 0) is 0 Å². The Labute approximate surface area is 104 Å². The Morgan fingerprint density at radius 1 is 1.06 bits per heavy atom. The minimum atomic E-state index is 0.204. The van der Waals surface area contributed by atoms with Crippen molar-refractivity contribution in [1.82, 2.24) is 0 Å². The summed E-state index contributed by atoms with van der Waals surface area (Å²) in [5, 5.41) is 3.50. The van der Waals surface area contributed by atoms with E-state index in [2.05, 4.69) is 29.6 Å². The van der Waals surface area contributed by atoms with Gasteiger partial charge >= 0.3 is 0 Å². The average Bonchev–Trinajstić information content (AvgIpc) is 2.45. The molecule has 0 aromatic heterocycles. The maximum Gasteiger partial charge on any atom is 0.0548 e. The lowest BCUT2D eigenvalue weighted by Gasteiger charge is -2.18. The van der Waals surface area contributed by atoms with E-state index in [1.54, 1.807) is 0 Å². The van der Waals surface area contributed by atoms with Gasteiger partial charge in [0, 0.05) is 5.69 Å². The van der Waals surface area contributed by atoms with Crippen molar-refractivity contribution >= 4 is 5.69 Å². The van der Waals surface area contributed by atoms with Crippen molar-refractivity contribution in [3.8, 4) is 0 Å². The molecule has 1 nitrogen and oxygen atoms in total. The second kappa shape index (κ2) is 5.90. The standard InChI is InChI=1S/C16H17N/c1-2-9-16(14-10-5-3-6-11-14)17-15-12-7-4-8-13-15/h2-8,10-13,16-17H,1,9H2/i1D. The summed E-state index contributed by atoms with van der Waals surface area (Å²) in [7, 11) is 0. The molecule has 1 heteroatoms. The van der Waals surface area contributed by atoms with Crippen LogP contribution in [0.25, 0.3) is 0 Å². The summed E-state index contributed by atoms with van der Waals surface area (Å²) < 4.78 is 7.13. The minimum absolute atomic E-state index is 0.204. The number of anilines is 1. The van der Waals surface area contributed by atoms with Crippen LogP contribution in [0.2, 0.25) is 0 Å². The molecular weight excluding hydrogens is 206 g/mol. The minimum Gasteiger partial charge on any atom is -0.378 e. The lowest BCUT2D eigenvalue weighted by atomic mass is 10.0. The van der Waals surface area contributed by atoms with Gasteiger partial charge in [0.05, 0.1) is 7.41 Å². The molecule has 0 radical (unpaired) electrons. The number of nitrogens with one attached hydrogen (secondary N) is 1. The van der Waals surface area contributed by atoms with Crippen LogP contribution in [0, 0.1) is 0 Å². The molecule has 0 aliphatic heterocycles. The van der Waals surface area contributed by atoms with E-state index in [1.807, 2.05) is 42.5 Å². The summed E-state index contributed by atoms with van der Waals surface area (Å²) in [6.45, 7) is 1.35. The van der Waals surface area contributed by atoms with Crippen LogP contribution in [0.15, 0.2) is 73.3 Å². The van der Waals surface area contributed by atoms with Gasteiger partial charge in [-0.3, -0.25) is 0 Å². The molecule has 0 amide bonds. The summed E-state index contributed by atoms with van der Waals surface area (Å²) in [6, 6.07) is 20.7. The van der Waals surface area contributed by atoms with Crippen molar-refractivity contribution < 1.29 is 1.37 Å². The smallest absolute Gasteiger partial charge is 0.0548 e. The van der Waals surface area contributed by atoms with Crippen LogP contribution in [0.4, 0.5) is 5.69 Å². The first-order valence-corrected chi connectivity index (χ1v) is 5.80. The number of hydrogen-bond donors (Lipinski definition) is 1. The number of rotatable bonds is 5. The molecular formula is C16H17N. The first-order valence-electron chi connectivity index (χ1n) is 6.38. The topological polar surface area (TPSA) is 12.0 Å².